The summed E-state index contributed by atoms with van der Waals surface area (Å²) in [7, 11) is -2.90. The molecule has 0 bridgehead atoms. The maximum atomic E-state index is 11.4. The van der Waals surface area contributed by atoms with Crippen molar-refractivity contribution in [3.05, 3.63) is 29.3 Å². The van der Waals surface area contributed by atoms with E-state index in [9.17, 15) is 8.42 Å². The van der Waals surface area contributed by atoms with Crippen LogP contribution in [0.25, 0.3) is 0 Å². The Labute approximate surface area is 128 Å². The molecular formula is C16H27NO3S. The summed E-state index contributed by atoms with van der Waals surface area (Å²) in [4.78, 5) is 0. The largest absolute Gasteiger partial charge is 0.493 e. The molecule has 0 fully saturated rings. The molecule has 5 heteroatoms. The van der Waals surface area contributed by atoms with Crippen LogP contribution in [-0.2, 0) is 16.4 Å². The van der Waals surface area contributed by atoms with E-state index < -0.39 is 9.84 Å². The molecule has 21 heavy (non-hydrogen) atoms. The smallest absolute Gasteiger partial charge is 0.150 e. The summed E-state index contributed by atoms with van der Waals surface area (Å²) in [5.41, 5.74) is 2.30. The molecule has 1 N–H and O–H groups in total. The summed E-state index contributed by atoms with van der Waals surface area (Å²) in [6, 6.07) is 6.49. The Bertz CT molecular complexity index is 538. The van der Waals surface area contributed by atoms with E-state index in [1.165, 1.54) is 5.56 Å². The molecule has 0 spiro atoms. The zero-order chi connectivity index (χ0) is 15.9. The highest BCUT2D eigenvalue weighted by atomic mass is 32.2. The molecular weight excluding hydrogens is 286 g/mol. The van der Waals surface area contributed by atoms with Crippen LogP contribution >= 0.6 is 0 Å². The number of hydrogen-bond donors (Lipinski definition) is 1. The number of hydrogen-bond acceptors (Lipinski definition) is 4. The molecule has 120 valence electrons. The fourth-order valence-electron chi connectivity index (χ4n) is 1.91. The third-order valence-electron chi connectivity index (χ3n) is 3.21. The topological polar surface area (TPSA) is 55.4 Å². The van der Waals surface area contributed by atoms with Crippen LogP contribution in [0.15, 0.2) is 18.2 Å². The van der Waals surface area contributed by atoms with Crippen molar-refractivity contribution < 1.29 is 13.2 Å². The minimum absolute atomic E-state index is 0.189. The molecule has 0 heterocycles. The fourth-order valence-corrected chi connectivity index (χ4v) is 2.75. The van der Waals surface area contributed by atoms with Gasteiger partial charge >= 0.3 is 0 Å². The van der Waals surface area contributed by atoms with Gasteiger partial charge in [-0.15, -0.1) is 0 Å². The van der Waals surface area contributed by atoms with Crippen molar-refractivity contribution >= 4 is 9.84 Å². The van der Waals surface area contributed by atoms with Gasteiger partial charge in [-0.25, -0.2) is 8.42 Å². The Hall–Kier alpha value is -1.07. The summed E-state index contributed by atoms with van der Waals surface area (Å²) < 4.78 is 28.6. The second kappa shape index (κ2) is 8.39. The third kappa shape index (κ3) is 6.96. The lowest BCUT2D eigenvalue weighted by atomic mass is 10.1. The highest BCUT2D eigenvalue weighted by Gasteiger charge is 2.08. The van der Waals surface area contributed by atoms with Gasteiger partial charge in [0.2, 0.25) is 0 Å². The van der Waals surface area contributed by atoms with Crippen LogP contribution in [0.4, 0.5) is 0 Å². The van der Waals surface area contributed by atoms with E-state index in [1.54, 1.807) is 6.92 Å². The average molecular weight is 313 g/mol. The van der Waals surface area contributed by atoms with Gasteiger partial charge in [-0.1, -0.05) is 38.5 Å². The molecule has 0 aliphatic heterocycles. The Morgan fingerprint density at radius 1 is 1.29 bits per heavy atom. The number of benzene rings is 1. The normalized spacial score (nSPS) is 11.9. The Balaban J connectivity index is 2.57. The van der Waals surface area contributed by atoms with E-state index in [2.05, 4.69) is 32.2 Å². The van der Waals surface area contributed by atoms with Crippen LogP contribution in [0, 0.1) is 6.92 Å². The zero-order valence-electron chi connectivity index (χ0n) is 13.5. The van der Waals surface area contributed by atoms with Gasteiger partial charge in [-0.3, -0.25) is 0 Å². The Morgan fingerprint density at radius 3 is 2.62 bits per heavy atom. The predicted molar refractivity (Wildman–Crippen MR) is 87.6 cm³/mol. The first-order chi connectivity index (χ1) is 9.84. The van der Waals surface area contributed by atoms with E-state index >= 15 is 0 Å². The first-order valence-electron chi connectivity index (χ1n) is 7.50. The van der Waals surface area contributed by atoms with Gasteiger partial charge in [0.1, 0.15) is 15.6 Å². The standard InChI is InChI=1S/C16H27NO3S/c1-5-21(18,19)10-6-9-20-16-8-7-14(4)11-15(16)12-17-13(2)3/h7-8,11,13,17H,5-6,9-10,12H2,1-4H3. The number of nitrogens with one attached hydrogen (secondary N) is 1. The summed E-state index contributed by atoms with van der Waals surface area (Å²) in [5.74, 6) is 1.22. The van der Waals surface area contributed by atoms with Crippen molar-refractivity contribution in [1.82, 2.24) is 5.32 Å². The summed E-state index contributed by atoms with van der Waals surface area (Å²) in [6.07, 6.45) is 0.529. The first-order valence-corrected chi connectivity index (χ1v) is 9.32. The fraction of sp³-hybridized carbons (Fsp3) is 0.625. The van der Waals surface area contributed by atoms with E-state index in [0.717, 1.165) is 17.9 Å². The maximum Gasteiger partial charge on any atom is 0.150 e. The maximum absolute atomic E-state index is 11.4. The number of sulfone groups is 1. The Kier molecular flexibility index (Phi) is 7.18. The lowest BCUT2D eigenvalue weighted by molar-refractivity contribution is 0.313. The van der Waals surface area contributed by atoms with Crippen LogP contribution in [0.5, 0.6) is 5.75 Å². The first kappa shape index (κ1) is 18.0. The molecule has 0 saturated carbocycles. The highest BCUT2D eigenvalue weighted by Crippen LogP contribution is 2.20. The van der Waals surface area contributed by atoms with Crippen LogP contribution in [0.1, 0.15) is 38.3 Å². The van der Waals surface area contributed by atoms with Gasteiger partial charge in [0, 0.05) is 23.9 Å². The monoisotopic (exact) mass is 313 g/mol. The van der Waals surface area contributed by atoms with E-state index in [4.69, 9.17) is 4.74 Å². The van der Waals surface area contributed by atoms with Crippen LogP contribution in [0.2, 0.25) is 0 Å². The van der Waals surface area contributed by atoms with Gasteiger partial charge in [-0.05, 0) is 19.4 Å². The summed E-state index contributed by atoms with van der Waals surface area (Å²) in [5, 5.41) is 3.38. The minimum Gasteiger partial charge on any atom is -0.493 e. The second-order valence-corrected chi connectivity index (χ2v) is 8.06. The average Bonchev–Trinajstić information content (AvgIpc) is 2.43. The second-order valence-electron chi connectivity index (χ2n) is 5.59. The predicted octanol–water partition coefficient (Wildman–Crippen LogP) is 2.70. The molecule has 1 aromatic carbocycles. The van der Waals surface area contributed by atoms with Crippen LogP contribution < -0.4 is 10.1 Å². The molecule has 0 unspecified atom stereocenters. The lowest BCUT2D eigenvalue weighted by Crippen LogP contribution is -2.22. The third-order valence-corrected chi connectivity index (χ3v) is 5.00. The molecule has 1 aromatic rings. The van der Waals surface area contributed by atoms with Gasteiger partial charge in [0.05, 0.1) is 12.4 Å². The molecule has 4 nitrogen and oxygen atoms in total. The summed E-state index contributed by atoms with van der Waals surface area (Å²) in [6.45, 7) is 9.11. The molecule has 0 atom stereocenters. The molecule has 0 amide bonds. The molecule has 0 radical (unpaired) electrons. The van der Waals surface area contributed by atoms with E-state index in [0.29, 0.717) is 19.1 Å². The van der Waals surface area contributed by atoms with Crippen LogP contribution in [-0.4, -0.2) is 32.6 Å². The molecule has 0 aromatic heterocycles. The van der Waals surface area contributed by atoms with Crippen molar-refractivity contribution in [3.8, 4) is 5.75 Å². The van der Waals surface area contributed by atoms with Crippen molar-refractivity contribution in [2.24, 2.45) is 0 Å². The zero-order valence-corrected chi connectivity index (χ0v) is 14.3. The summed E-state index contributed by atoms with van der Waals surface area (Å²) >= 11 is 0. The van der Waals surface area contributed by atoms with Gasteiger partial charge in [-0.2, -0.15) is 0 Å². The van der Waals surface area contributed by atoms with Gasteiger partial charge in [0.15, 0.2) is 0 Å². The number of rotatable bonds is 9. The molecule has 0 saturated heterocycles. The van der Waals surface area contributed by atoms with Gasteiger partial charge < -0.3 is 10.1 Å². The SMILES string of the molecule is CCS(=O)(=O)CCCOc1ccc(C)cc1CNC(C)C. The van der Waals surface area contributed by atoms with Crippen molar-refractivity contribution in [3.63, 3.8) is 0 Å². The van der Waals surface area contributed by atoms with Crippen LogP contribution in [0.3, 0.4) is 0 Å². The van der Waals surface area contributed by atoms with E-state index in [-0.39, 0.29) is 11.5 Å². The molecule has 0 aliphatic rings. The van der Waals surface area contributed by atoms with E-state index in [1.807, 2.05) is 12.1 Å². The quantitative estimate of drug-likeness (QED) is 0.712. The number of aryl methyl sites for hydroxylation is 1. The Morgan fingerprint density at radius 2 is 2.00 bits per heavy atom. The van der Waals surface area contributed by atoms with Crippen molar-refractivity contribution in [2.45, 2.75) is 46.7 Å². The van der Waals surface area contributed by atoms with Gasteiger partial charge in [0.25, 0.3) is 0 Å². The highest BCUT2D eigenvalue weighted by molar-refractivity contribution is 7.91. The molecule has 1 rings (SSSR count). The van der Waals surface area contributed by atoms with Crippen molar-refractivity contribution in [1.29, 1.82) is 0 Å². The number of ether oxygens (including phenoxy) is 1. The molecule has 0 aliphatic carbocycles. The lowest BCUT2D eigenvalue weighted by Gasteiger charge is -2.14. The minimum atomic E-state index is -2.90. The van der Waals surface area contributed by atoms with Crippen molar-refractivity contribution in [2.75, 3.05) is 18.1 Å².